The zero-order chi connectivity index (χ0) is 20.1. The third-order valence-electron chi connectivity index (χ3n) is 4.89. The maximum Gasteiger partial charge on any atom is 0.325 e. The molecule has 3 rings (SSSR count). The van der Waals surface area contributed by atoms with Crippen molar-refractivity contribution in [1.82, 2.24) is 10.2 Å². The van der Waals surface area contributed by atoms with Crippen molar-refractivity contribution in [3.05, 3.63) is 70.7 Å². The molecule has 28 heavy (non-hydrogen) atoms. The van der Waals surface area contributed by atoms with E-state index in [1.54, 1.807) is 6.07 Å². The molecule has 3 amide bonds. The maximum absolute atomic E-state index is 13.0. The van der Waals surface area contributed by atoms with Crippen LogP contribution in [-0.4, -0.2) is 41.2 Å². The van der Waals surface area contributed by atoms with E-state index in [0.717, 1.165) is 16.0 Å². The van der Waals surface area contributed by atoms with Crippen LogP contribution in [0, 0.1) is 0 Å². The Labute approximate surface area is 169 Å². The van der Waals surface area contributed by atoms with E-state index in [4.69, 9.17) is 16.3 Å². The van der Waals surface area contributed by atoms with Crippen molar-refractivity contribution in [3.63, 3.8) is 0 Å². The molecule has 2 atom stereocenters. The monoisotopic (exact) mass is 402 g/mol. The summed E-state index contributed by atoms with van der Waals surface area (Å²) in [5.41, 5.74) is 0.430. The summed E-state index contributed by atoms with van der Waals surface area (Å²) in [7, 11) is 0. The molecule has 0 bridgehead atoms. The predicted molar refractivity (Wildman–Crippen MR) is 106 cm³/mol. The number of hydrogen-bond donors (Lipinski definition) is 2. The van der Waals surface area contributed by atoms with Crippen LogP contribution >= 0.6 is 11.6 Å². The van der Waals surface area contributed by atoms with Crippen molar-refractivity contribution in [3.8, 4) is 0 Å². The van der Waals surface area contributed by atoms with Gasteiger partial charge in [-0.2, -0.15) is 0 Å². The first-order valence-corrected chi connectivity index (χ1v) is 9.54. The second-order valence-corrected chi connectivity index (χ2v) is 7.14. The number of carbonyl (C=O) groups excluding carboxylic acids is 2. The Morgan fingerprint density at radius 2 is 1.82 bits per heavy atom. The number of rotatable bonds is 8. The molecular weight excluding hydrogens is 380 g/mol. The SMILES string of the molecule is CCC1(c2ccccc2)NC(=O)N(CC(O)COCc2ccccc2Cl)C1=O. The molecule has 2 unspecified atom stereocenters. The number of imide groups is 1. The van der Waals surface area contributed by atoms with Gasteiger partial charge in [0.15, 0.2) is 0 Å². The number of hydrogen-bond acceptors (Lipinski definition) is 4. The van der Waals surface area contributed by atoms with Gasteiger partial charge in [0.05, 0.1) is 25.9 Å². The van der Waals surface area contributed by atoms with Crippen LogP contribution in [0.1, 0.15) is 24.5 Å². The summed E-state index contributed by atoms with van der Waals surface area (Å²) in [4.78, 5) is 26.5. The lowest BCUT2D eigenvalue weighted by Crippen LogP contribution is -2.44. The molecule has 2 aromatic carbocycles. The average molecular weight is 403 g/mol. The molecule has 0 spiro atoms. The molecule has 1 fully saturated rings. The highest BCUT2D eigenvalue weighted by Crippen LogP contribution is 2.32. The molecule has 0 radical (unpaired) electrons. The minimum Gasteiger partial charge on any atom is -0.389 e. The smallest absolute Gasteiger partial charge is 0.325 e. The lowest BCUT2D eigenvalue weighted by molar-refractivity contribution is -0.133. The van der Waals surface area contributed by atoms with Crippen LogP contribution in [0.4, 0.5) is 4.79 Å². The number of halogens is 1. The number of urea groups is 1. The fourth-order valence-electron chi connectivity index (χ4n) is 3.34. The van der Waals surface area contributed by atoms with Gasteiger partial charge < -0.3 is 15.2 Å². The highest BCUT2D eigenvalue weighted by molar-refractivity contribution is 6.31. The molecule has 7 heteroatoms. The Bertz CT molecular complexity index is 845. The van der Waals surface area contributed by atoms with Crippen LogP contribution in [0.2, 0.25) is 5.02 Å². The van der Waals surface area contributed by atoms with E-state index in [2.05, 4.69) is 5.32 Å². The Morgan fingerprint density at radius 3 is 2.50 bits per heavy atom. The fraction of sp³-hybridized carbons (Fsp3) is 0.333. The third-order valence-corrected chi connectivity index (χ3v) is 5.26. The molecule has 2 N–H and O–H groups in total. The van der Waals surface area contributed by atoms with Gasteiger partial charge in [0.2, 0.25) is 0 Å². The summed E-state index contributed by atoms with van der Waals surface area (Å²) in [6.45, 7) is 1.92. The topological polar surface area (TPSA) is 78.9 Å². The van der Waals surface area contributed by atoms with E-state index in [0.29, 0.717) is 11.4 Å². The molecule has 0 aliphatic carbocycles. The molecule has 2 aromatic rings. The third kappa shape index (κ3) is 4.04. The second kappa shape index (κ2) is 8.73. The highest BCUT2D eigenvalue weighted by atomic mass is 35.5. The van der Waals surface area contributed by atoms with Crippen LogP contribution in [-0.2, 0) is 21.7 Å². The summed E-state index contributed by atoms with van der Waals surface area (Å²) in [6, 6.07) is 15.9. The minimum atomic E-state index is -1.10. The zero-order valence-electron chi connectivity index (χ0n) is 15.6. The maximum atomic E-state index is 13.0. The summed E-state index contributed by atoms with van der Waals surface area (Å²) >= 11 is 6.07. The second-order valence-electron chi connectivity index (χ2n) is 6.73. The van der Waals surface area contributed by atoms with Crippen molar-refractivity contribution < 1.29 is 19.4 Å². The van der Waals surface area contributed by atoms with Gasteiger partial charge in [0, 0.05) is 5.02 Å². The van der Waals surface area contributed by atoms with E-state index in [1.807, 2.05) is 55.5 Å². The first-order chi connectivity index (χ1) is 13.5. The molecule has 148 valence electrons. The molecule has 6 nitrogen and oxygen atoms in total. The normalized spacial score (nSPS) is 20.3. The lowest BCUT2D eigenvalue weighted by atomic mass is 9.87. The number of nitrogens with one attached hydrogen (secondary N) is 1. The molecule has 1 aliphatic rings. The summed E-state index contributed by atoms with van der Waals surface area (Å²) in [6.07, 6.45) is -0.586. The van der Waals surface area contributed by atoms with Gasteiger partial charge in [0.1, 0.15) is 5.54 Å². The minimum absolute atomic E-state index is 0.0211. The van der Waals surface area contributed by atoms with E-state index >= 15 is 0 Å². The Morgan fingerprint density at radius 1 is 1.14 bits per heavy atom. The predicted octanol–water partition coefficient (Wildman–Crippen LogP) is 3.07. The van der Waals surface area contributed by atoms with E-state index < -0.39 is 17.7 Å². The number of nitrogens with zero attached hydrogens (tertiary/aromatic N) is 1. The van der Waals surface area contributed by atoms with Gasteiger partial charge in [-0.15, -0.1) is 0 Å². The van der Waals surface area contributed by atoms with E-state index in [9.17, 15) is 14.7 Å². The lowest BCUT2D eigenvalue weighted by Gasteiger charge is -2.26. The number of aliphatic hydroxyl groups is 1. The van der Waals surface area contributed by atoms with Crippen molar-refractivity contribution in [2.45, 2.75) is 31.6 Å². The van der Waals surface area contributed by atoms with Gasteiger partial charge in [-0.1, -0.05) is 67.1 Å². The highest BCUT2D eigenvalue weighted by Gasteiger charge is 2.51. The molecule has 1 heterocycles. The standard InChI is InChI=1S/C21H23ClN2O4/c1-2-21(16-9-4-3-5-10-16)19(26)24(20(27)23-21)12-17(25)14-28-13-15-8-6-7-11-18(15)22/h3-11,17,25H,2,12-14H2,1H3,(H,23,27). The van der Waals surface area contributed by atoms with Crippen LogP contribution in [0.25, 0.3) is 0 Å². The van der Waals surface area contributed by atoms with Gasteiger partial charge in [-0.05, 0) is 23.6 Å². The quantitative estimate of drug-likeness (QED) is 0.665. The molecule has 1 saturated heterocycles. The van der Waals surface area contributed by atoms with Crippen LogP contribution in [0.3, 0.4) is 0 Å². The van der Waals surface area contributed by atoms with Crippen LogP contribution in [0.15, 0.2) is 54.6 Å². The van der Waals surface area contributed by atoms with Crippen molar-refractivity contribution in [2.24, 2.45) is 0 Å². The zero-order valence-corrected chi connectivity index (χ0v) is 16.4. The van der Waals surface area contributed by atoms with Crippen LogP contribution < -0.4 is 5.32 Å². The molecular formula is C21H23ClN2O4. The summed E-state index contributed by atoms with van der Waals surface area (Å²) in [5.74, 6) is -0.364. The van der Waals surface area contributed by atoms with Gasteiger partial charge in [-0.25, -0.2) is 4.79 Å². The number of benzene rings is 2. The number of carbonyl (C=O) groups is 2. The first kappa shape index (κ1) is 20.3. The van der Waals surface area contributed by atoms with Crippen molar-refractivity contribution in [2.75, 3.05) is 13.2 Å². The first-order valence-electron chi connectivity index (χ1n) is 9.16. The van der Waals surface area contributed by atoms with Gasteiger partial charge >= 0.3 is 6.03 Å². The number of aliphatic hydroxyl groups excluding tert-OH is 1. The Balaban J connectivity index is 1.61. The Hall–Kier alpha value is -2.41. The molecule has 0 aromatic heterocycles. The Kier molecular flexibility index (Phi) is 6.34. The number of ether oxygens (including phenoxy) is 1. The van der Waals surface area contributed by atoms with E-state index in [1.165, 1.54) is 0 Å². The van der Waals surface area contributed by atoms with Crippen LogP contribution in [0.5, 0.6) is 0 Å². The van der Waals surface area contributed by atoms with Gasteiger partial charge in [-0.3, -0.25) is 9.69 Å². The number of amides is 3. The average Bonchev–Trinajstić information content (AvgIpc) is 2.95. The largest absolute Gasteiger partial charge is 0.389 e. The fourth-order valence-corrected chi connectivity index (χ4v) is 3.53. The van der Waals surface area contributed by atoms with Crippen molar-refractivity contribution >= 4 is 23.5 Å². The molecule has 0 saturated carbocycles. The van der Waals surface area contributed by atoms with Crippen molar-refractivity contribution in [1.29, 1.82) is 0 Å². The summed E-state index contributed by atoms with van der Waals surface area (Å²) < 4.78 is 5.50. The van der Waals surface area contributed by atoms with E-state index in [-0.39, 0.29) is 25.7 Å². The van der Waals surface area contributed by atoms with Gasteiger partial charge in [0.25, 0.3) is 5.91 Å². The summed E-state index contributed by atoms with van der Waals surface area (Å²) in [5, 5.41) is 13.7. The number of β-amino-alcohol motifs (C(OH)–C–C–N with tert-alkyl or cyclic N) is 1. The molecule has 1 aliphatic heterocycles.